The third kappa shape index (κ3) is 2.59. The van der Waals surface area contributed by atoms with Crippen molar-refractivity contribution >= 4 is 39.8 Å². The molecular weight excluding hydrogens is 369 g/mol. The van der Waals surface area contributed by atoms with E-state index in [0.29, 0.717) is 21.9 Å². The van der Waals surface area contributed by atoms with Crippen LogP contribution in [0.2, 0.25) is 10.0 Å². The molecule has 0 spiro atoms. The average Bonchev–Trinajstić information content (AvgIpc) is 3.28. The Labute approximate surface area is 161 Å². The van der Waals surface area contributed by atoms with E-state index < -0.39 is 5.60 Å². The lowest BCUT2D eigenvalue weighted by molar-refractivity contribution is 0.0381. The first kappa shape index (κ1) is 16.4. The van der Waals surface area contributed by atoms with Crippen molar-refractivity contribution in [3.63, 3.8) is 0 Å². The molecule has 133 valence electrons. The van der Waals surface area contributed by atoms with Gasteiger partial charge in [0.1, 0.15) is 0 Å². The van der Waals surface area contributed by atoms with Gasteiger partial charge in [-0.25, -0.2) is 0 Å². The lowest BCUT2D eigenvalue weighted by Gasteiger charge is -2.28. The summed E-state index contributed by atoms with van der Waals surface area (Å²) >= 11 is 12.2. The molecule has 4 nitrogen and oxygen atoms in total. The summed E-state index contributed by atoms with van der Waals surface area (Å²) in [6, 6.07) is 12.7. The summed E-state index contributed by atoms with van der Waals surface area (Å²) in [5.41, 5.74) is 1.99. The Morgan fingerprint density at radius 3 is 2.62 bits per heavy atom. The fraction of sp³-hybridized carbons (Fsp3) is 0.350. The van der Waals surface area contributed by atoms with Crippen LogP contribution in [0.25, 0.3) is 10.9 Å². The lowest BCUT2D eigenvalue weighted by atomic mass is 9.88. The van der Waals surface area contributed by atoms with Gasteiger partial charge in [-0.3, -0.25) is 5.10 Å². The number of aromatic amines is 1. The number of aromatic nitrogens is 2. The molecule has 0 amide bonds. The van der Waals surface area contributed by atoms with Gasteiger partial charge >= 0.3 is 0 Å². The van der Waals surface area contributed by atoms with Crippen LogP contribution < -0.4 is 4.90 Å². The molecule has 0 unspecified atom stereocenters. The topological polar surface area (TPSA) is 52.1 Å². The number of fused-ring (bicyclic) bond motifs is 2. The highest BCUT2D eigenvalue weighted by molar-refractivity contribution is 6.31. The van der Waals surface area contributed by atoms with E-state index in [4.69, 9.17) is 23.2 Å². The third-order valence-electron chi connectivity index (χ3n) is 5.90. The number of benzene rings is 2. The van der Waals surface area contributed by atoms with E-state index >= 15 is 0 Å². The van der Waals surface area contributed by atoms with Crippen LogP contribution in [0.3, 0.4) is 0 Å². The lowest BCUT2D eigenvalue weighted by Crippen LogP contribution is -2.28. The zero-order chi connectivity index (χ0) is 17.9. The molecule has 2 aliphatic rings. The molecule has 2 heterocycles. The zero-order valence-electron chi connectivity index (χ0n) is 14.0. The first-order chi connectivity index (χ1) is 12.5. The summed E-state index contributed by atoms with van der Waals surface area (Å²) in [5, 5.41) is 20.8. The molecule has 2 fully saturated rings. The molecule has 2 aromatic carbocycles. The molecule has 26 heavy (non-hydrogen) atoms. The zero-order valence-corrected chi connectivity index (χ0v) is 15.6. The monoisotopic (exact) mass is 386 g/mol. The summed E-state index contributed by atoms with van der Waals surface area (Å²) < 4.78 is 0. The second-order valence-electron chi connectivity index (χ2n) is 7.54. The number of nitrogens with zero attached hydrogens (tertiary/aromatic N) is 2. The average molecular weight is 387 g/mol. The number of hydrogen-bond donors (Lipinski definition) is 2. The van der Waals surface area contributed by atoms with E-state index in [9.17, 15) is 5.11 Å². The molecule has 1 saturated heterocycles. The Bertz CT molecular complexity index is 955. The molecule has 1 saturated carbocycles. The van der Waals surface area contributed by atoms with Crippen molar-refractivity contribution in [3.05, 3.63) is 58.2 Å². The molecule has 0 bridgehead atoms. The fourth-order valence-corrected chi connectivity index (χ4v) is 5.10. The molecule has 6 heteroatoms. The van der Waals surface area contributed by atoms with Crippen molar-refractivity contribution < 1.29 is 5.11 Å². The smallest absolute Gasteiger partial charge is 0.0911 e. The van der Waals surface area contributed by atoms with Crippen LogP contribution in [-0.4, -0.2) is 28.4 Å². The van der Waals surface area contributed by atoms with Gasteiger partial charge in [-0.2, -0.15) is 5.10 Å². The number of aliphatic hydroxyl groups is 1. The van der Waals surface area contributed by atoms with Gasteiger partial charge in [0, 0.05) is 40.3 Å². The van der Waals surface area contributed by atoms with E-state index in [0.717, 1.165) is 48.1 Å². The molecule has 1 aliphatic heterocycles. The first-order valence-corrected chi connectivity index (χ1v) is 9.55. The minimum absolute atomic E-state index is 0.449. The second-order valence-corrected chi connectivity index (χ2v) is 8.41. The van der Waals surface area contributed by atoms with Gasteiger partial charge in [-0.15, -0.1) is 0 Å². The van der Waals surface area contributed by atoms with Crippen LogP contribution in [0, 0.1) is 17.9 Å². The Kier molecular flexibility index (Phi) is 3.71. The molecule has 2 N–H and O–H groups in total. The van der Waals surface area contributed by atoms with Crippen LogP contribution in [0.4, 0.5) is 5.69 Å². The summed E-state index contributed by atoms with van der Waals surface area (Å²) in [5.74, 6) is 0.898. The summed E-state index contributed by atoms with van der Waals surface area (Å²) in [7, 11) is 0. The molecule has 1 aliphatic carbocycles. The normalized spacial score (nSPS) is 28.0. The van der Waals surface area contributed by atoms with E-state index in [-0.39, 0.29) is 0 Å². The maximum atomic E-state index is 11.5. The van der Waals surface area contributed by atoms with E-state index in [1.807, 2.05) is 30.3 Å². The minimum Gasteiger partial charge on any atom is -0.385 e. The maximum absolute atomic E-state index is 11.5. The number of anilines is 1. The van der Waals surface area contributed by atoms with E-state index in [1.165, 1.54) is 0 Å². The largest absolute Gasteiger partial charge is 0.385 e. The molecule has 1 aromatic heterocycles. The molecular formula is C20H18Cl2N3O. The van der Waals surface area contributed by atoms with Crippen molar-refractivity contribution in [2.24, 2.45) is 11.8 Å². The van der Waals surface area contributed by atoms with Crippen molar-refractivity contribution in [3.8, 4) is 0 Å². The van der Waals surface area contributed by atoms with Gasteiger partial charge in [0.2, 0.25) is 0 Å². The van der Waals surface area contributed by atoms with Gasteiger partial charge in [0.15, 0.2) is 0 Å². The van der Waals surface area contributed by atoms with Crippen LogP contribution in [-0.2, 0) is 5.60 Å². The summed E-state index contributed by atoms with van der Waals surface area (Å²) in [6.07, 6.45) is 3.26. The highest BCUT2D eigenvalue weighted by atomic mass is 35.5. The molecule has 3 aromatic rings. The Morgan fingerprint density at radius 2 is 1.92 bits per heavy atom. The summed E-state index contributed by atoms with van der Waals surface area (Å²) in [4.78, 5) is 2.34. The Balaban J connectivity index is 1.42. The number of nitrogens with one attached hydrogen (secondary N) is 1. The van der Waals surface area contributed by atoms with Gasteiger partial charge in [-0.1, -0.05) is 23.2 Å². The second kappa shape index (κ2) is 5.88. The fourth-order valence-electron chi connectivity index (χ4n) is 4.76. The van der Waals surface area contributed by atoms with Crippen molar-refractivity contribution in [1.29, 1.82) is 0 Å². The van der Waals surface area contributed by atoms with Crippen molar-refractivity contribution in [2.45, 2.75) is 18.4 Å². The molecule has 1 radical (unpaired) electrons. The van der Waals surface area contributed by atoms with Crippen molar-refractivity contribution in [1.82, 2.24) is 10.2 Å². The van der Waals surface area contributed by atoms with Crippen LogP contribution in [0.15, 0.2) is 36.5 Å². The minimum atomic E-state index is -0.849. The standard InChI is InChI=1S/C20H18Cl2N3O/c21-14-1-3-16(4-2-14)25-10-12-7-20(26,8-13(12)11-25)18-5-15(22)6-19-17(18)9-23-24-19/h1-3,5-6,9,12-13,26H,7-8,10-11H2,(H,23,24)/t12-,13+,20-. The number of halogens is 2. The van der Waals surface area contributed by atoms with Gasteiger partial charge < -0.3 is 10.0 Å². The molecule has 5 rings (SSSR count). The van der Waals surface area contributed by atoms with Crippen LogP contribution in [0.5, 0.6) is 0 Å². The maximum Gasteiger partial charge on any atom is 0.0911 e. The van der Waals surface area contributed by atoms with E-state index in [1.54, 1.807) is 6.20 Å². The molecule has 3 atom stereocenters. The highest BCUT2D eigenvalue weighted by Crippen LogP contribution is 2.51. The quantitative estimate of drug-likeness (QED) is 0.685. The van der Waals surface area contributed by atoms with Crippen LogP contribution in [0.1, 0.15) is 18.4 Å². The predicted octanol–water partition coefficient (Wildman–Crippen LogP) is 4.40. The number of H-pyrrole nitrogens is 1. The van der Waals surface area contributed by atoms with E-state index in [2.05, 4.69) is 21.2 Å². The van der Waals surface area contributed by atoms with Gasteiger partial charge in [-0.05, 0) is 60.6 Å². The number of rotatable bonds is 2. The van der Waals surface area contributed by atoms with Gasteiger partial charge in [0.05, 0.1) is 17.3 Å². The van der Waals surface area contributed by atoms with Gasteiger partial charge in [0.25, 0.3) is 0 Å². The van der Waals surface area contributed by atoms with Crippen molar-refractivity contribution in [2.75, 3.05) is 18.0 Å². The number of hydrogen-bond acceptors (Lipinski definition) is 3. The highest BCUT2D eigenvalue weighted by Gasteiger charge is 2.49. The third-order valence-corrected chi connectivity index (χ3v) is 6.35. The Hall–Kier alpha value is -1.75. The van der Waals surface area contributed by atoms with Crippen LogP contribution >= 0.6 is 23.2 Å². The predicted molar refractivity (Wildman–Crippen MR) is 104 cm³/mol. The first-order valence-electron chi connectivity index (χ1n) is 8.79. The summed E-state index contributed by atoms with van der Waals surface area (Å²) in [6.45, 7) is 1.86. The SMILES string of the molecule is O[C@@]1(c2cc(Cl)cc3[nH]ncc23)C[C@H]2CN(c3[c]cc(Cl)cc3)C[C@H]2C1. The Morgan fingerprint density at radius 1 is 1.15 bits per heavy atom.